The third-order valence-corrected chi connectivity index (χ3v) is 14.1. The molecule has 1 amide bonds. The van der Waals surface area contributed by atoms with E-state index in [1.807, 2.05) is 6.08 Å². The monoisotopic (exact) mass is 1010 g/mol. The number of aliphatic hydroxyl groups is 4. The molecule has 0 saturated carbocycles. The fraction of sp³-hybridized carbons (Fsp3) is 0.877. The largest absolute Gasteiger partial charge is 0.397 e. The van der Waals surface area contributed by atoms with Crippen LogP contribution >= 0.6 is 0 Å². The molecule has 0 aromatic heterocycles. The van der Waals surface area contributed by atoms with Crippen LogP contribution in [0.5, 0.6) is 0 Å². The Morgan fingerprint density at radius 1 is 0.571 bits per heavy atom. The lowest BCUT2D eigenvalue weighted by Gasteiger charge is -2.41. The van der Waals surface area contributed by atoms with E-state index in [4.69, 9.17) is 9.47 Å². The van der Waals surface area contributed by atoms with Gasteiger partial charge in [-0.05, 0) is 51.4 Å². The van der Waals surface area contributed by atoms with Crippen LogP contribution in [-0.2, 0) is 28.9 Å². The lowest BCUT2D eigenvalue weighted by Crippen LogP contribution is -2.61. The quantitative estimate of drug-likeness (QED) is 0.0193. The predicted octanol–water partition coefficient (Wildman–Crippen LogP) is 13.4. The van der Waals surface area contributed by atoms with Gasteiger partial charge in [-0.15, -0.1) is 0 Å². The van der Waals surface area contributed by atoms with Gasteiger partial charge in [0.25, 0.3) is 0 Å². The molecule has 1 heterocycles. The summed E-state index contributed by atoms with van der Waals surface area (Å²) in [7, 11) is -5.09. The average molecular weight is 1010 g/mol. The van der Waals surface area contributed by atoms with E-state index >= 15 is 0 Å². The predicted molar refractivity (Wildman–Crippen MR) is 287 cm³/mol. The van der Waals surface area contributed by atoms with Crippen molar-refractivity contribution in [1.29, 1.82) is 0 Å². The molecular weight excluding hydrogens is 907 g/mol. The van der Waals surface area contributed by atoms with Crippen molar-refractivity contribution < 1.29 is 51.8 Å². The van der Waals surface area contributed by atoms with E-state index in [2.05, 4.69) is 47.7 Å². The Labute approximate surface area is 428 Å². The van der Waals surface area contributed by atoms with Crippen LogP contribution in [-0.4, -0.2) is 95.4 Å². The minimum atomic E-state index is -5.09. The van der Waals surface area contributed by atoms with Crippen LogP contribution in [0.1, 0.15) is 264 Å². The fourth-order valence-electron chi connectivity index (χ4n) is 9.19. The highest BCUT2D eigenvalue weighted by molar-refractivity contribution is 7.80. The smallest absolute Gasteiger partial charge is 0.394 e. The van der Waals surface area contributed by atoms with Crippen molar-refractivity contribution in [1.82, 2.24) is 5.32 Å². The van der Waals surface area contributed by atoms with Crippen LogP contribution in [0, 0.1) is 0 Å². The van der Waals surface area contributed by atoms with Crippen LogP contribution in [0.4, 0.5) is 0 Å². The third kappa shape index (κ3) is 38.9. The lowest BCUT2D eigenvalue weighted by molar-refractivity contribution is -0.298. The number of carbonyl (C=O) groups is 1. The number of rotatable bonds is 50. The van der Waals surface area contributed by atoms with Gasteiger partial charge in [0.05, 0.1) is 25.4 Å². The molecule has 1 rings (SSSR count). The van der Waals surface area contributed by atoms with Gasteiger partial charge in [-0.2, -0.15) is 8.42 Å². The Balaban J connectivity index is 2.25. The topological polar surface area (TPSA) is 192 Å². The molecular formula is C57H107NO11S. The van der Waals surface area contributed by atoms with Gasteiger partial charge in [0.1, 0.15) is 24.4 Å². The molecule has 412 valence electrons. The molecule has 0 radical (unpaired) electrons. The van der Waals surface area contributed by atoms with Crippen LogP contribution in [0.15, 0.2) is 36.5 Å². The molecule has 0 aromatic carbocycles. The number of amides is 1. The molecule has 1 aliphatic rings. The number of allylic oxidation sites excluding steroid dienone is 5. The van der Waals surface area contributed by atoms with Gasteiger partial charge in [-0.3, -0.25) is 9.35 Å². The Hall–Kier alpha value is -1.68. The summed E-state index contributed by atoms with van der Waals surface area (Å²) in [6, 6.07) is -0.943. The minimum absolute atomic E-state index is 0.262. The molecule has 0 bridgehead atoms. The maximum absolute atomic E-state index is 13.1. The van der Waals surface area contributed by atoms with E-state index in [9.17, 15) is 38.2 Å². The zero-order chi connectivity index (χ0) is 51.2. The third-order valence-electron chi connectivity index (χ3n) is 13.7. The van der Waals surface area contributed by atoms with E-state index in [0.29, 0.717) is 6.42 Å². The van der Waals surface area contributed by atoms with Gasteiger partial charge in [0.15, 0.2) is 6.29 Å². The van der Waals surface area contributed by atoms with Crippen molar-refractivity contribution in [2.24, 2.45) is 0 Å². The number of aliphatic hydroxyl groups excluding tert-OH is 4. The molecule has 12 nitrogen and oxygen atoms in total. The molecule has 7 unspecified atom stereocenters. The zero-order valence-electron chi connectivity index (χ0n) is 44.6. The standard InChI is InChI=1S/C57H107NO11S/c1-3-5-7-9-11-13-15-17-18-19-20-21-22-23-24-25-26-27-28-29-30-31-32-33-34-35-37-39-41-43-45-47-53(61)58-50(51(60)46-44-42-40-38-36-16-14-12-10-8-6-4-2)49-67-57-55(63)56(69-70(64,65)66)54(62)52(48-59)68-57/h20-21,23-24,44,46,50-52,54-57,59-60,62-63H,3-19,22,25-43,45,47-49H2,1-2H3,(H,58,61)(H,64,65,66)/b21-20-,24-23-,46-44+. The average Bonchev–Trinajstić information content (AvgIpc) is 3.33. The summed E-state index contributed by atoms with van der Waals surface area (Å²) in [4.78, 5) is 13.1. The van der Waals surface area contributed by atoms with Gasteiger partial charge in [0, 0.05) is 6.42 Å². The van der Waals surface area contributed by atoms with E-state index in [-0.39, 0.29) is 18.9 Å². The van der Waals surface area contributed by atoms with Crippen molar-refractivity contribution in [2.75, 3.05) is 13.2 Å². The molecule has 70 heavy (non-hydrogen) atoms. The molecule has 1 saturated heterocycles. The second-order valence-electron chi connectivity index (χ2n) is 20.2. The van der Waals surface area contributed by atoms with E-state index in [1.54, 1.807) is 6.08 Å². The molecule has 0 spiro atoms. The summed E-state index contributed by atoms with van der Waals surface area (Å²) in [5.74, 6) is -0.262. The van der Waals surface area contributed by atoms with Crippen molar-refractivity contribution >= 4 is 16.3 Å². The Morgan fingerprint density at radius 3 is 1.36 bits per heavy atom. The van der Waals surface area contributed by atoms with Crippen molar-refractivity contribution in [3.8, 4) is 0 Å². The SMILES string of the molecule is CCCCCCCCCCC/C=C\C/C=C\CCCCCCCCCCCCCCCCCC(=O)NC(COC1OC(CO)C(O)C(OS(=O)(=O)O)C1O)C(O)/C=C/CCCCCCCCCCCC. The zero-order valence-corrected chi connectivity index (χ0v) is 45.4. The first-order valence-electron chi connectivity index (χ1n) is 28.9. The highest BCUT2D eigenvalue weighted by atomic mass is 32.3. The second-order valence-corrected chi connectivity index (χ2v) is 21.3. The Bertz CT molecular complexity index is 1380. The molecule has 6 N–H and O–H groups in total. The lowest BCUT2D eigenvalue weighted by atomic mass is 9.99. The maximum Gasteiger partial charge on any atom is 0.397 e. The number of nitrogens with one attached hydrogen (secondary N) is 1. The summed E-state index contributed by atoms with van der Waals surface area (Å²) in [6.07, 6.45) is 50.7. The van der Waals surface area contributed by atoms with Crippen molar-refractivity contribution in [2.45, 2.75) is 307 Å². The Morgan fingerprint density at radius 2 is 0.957 bits per heavy atom. The molecule has 13 heteroatoms. The number of hydrogen-bond donors (Lipinski definition) is 6. The van der Waals surface area contributed by atoms with Gasteiger partial charge in [-0.25, -0.2) is 4.18 Å². The number of ether oxygens (including phenoxy) is 2. The van der Waals surface area contributed by atoms with Gasteiger partial charge >= 0.3 is 10.4 Å². The van der Waals surface area contributed by atoms with E-state index < -0.39 is 59.9 Å². The van der Waals surface area contributed by atoms with E-state index in [0.717, 1.165) is 44.9 Å². The molecule has 0 aromatic rings. The van der Waals surface area contributed by atoms with Gasteiger partial charge in [-0.1, -0.05) is 243 Å². The molecule has 1 aliphatic heterocycles. The number of carbonyl (C=O) groups excluding carboxylic acids is 1. The van der Waals surface area contributed by atoms with Crippen molar-refractivity contribution in [3.05, 3.63) is 36.5 Å². The summed E-state index contributed by atoms with van der Waals surface area (Å²) in [5, 5.41) is 44.8. The summed E-state index contributed by atoms with van der Waals surface area (Å²) < 4.78 is 47.7. The highest BCUT2D eigenvalue weighted by Gasteiger charge is 2.48. The summed E-state index contributed by atoms with van der Waals surface area (Å²) in [6.45, 7) is 3.40. The van der Waals surface area contributed by atoms with E-state index in [1.165, 1.54) is 193 Å². The summed E-state index contributed by atoms with van der Waals surface area (Å²) in [5.41, 5.74) is 0. The van der Waals surface area contributed by atoms with Crippen LogP contribution in [0.3, 0.4) is 0 Å². The number of unbranched alkanes of at least 4 members (excludes halogenated alkanes) is 34. The summed E-state index contributed by atoms with van der Waals surface area (Å²) >= 11 is 0. The Kier molecular flexibility index (Phi) is 44.6. The first-order chi connectivity index (χ1) is 34.0. The molecule has 1 fully saturated rings. The highest BCUT2D eigenvalue weighted by Crippen LogP contribution is 2.26. The molecule has 0 aliphatic carbocycles. The van der Waals surface area contributed by atoms with Gasteiger partial charge in [0.2, 0.25) is 5.91 Å². The first-order valence-corrected chi connectivity index (χ1v) is 30.2. The first kappa shape index (κ1) is 66.3. The number of hydrogen-bond acceptors (Lipinski definition) is 10. The minimum Gasteiger partial charge on any atom is -0.394 e. The maximum atomic E-state index is 13.1. The van der Waals surface area contributed by atoms with Crippen LogP contribution in [0.25, 0.3) is 0 Å². The molecule has 7 atom stereocenters. The van der Waals surface area contributed by atoms with Crippen molar-refractivity contribution in [3.63, 3.8) is 0 Å². The van der Waals surface area contributed by atoms with Crippen LogP contribution in [0.2, 0.25) is 0 Å². The second kappa shape index (κ2) is 47.1. The normalized spacial score (nSPS) is 19.8. The van der Waals surface area contributed by atoms with Crippen LogP contribution < -0.4 is 5.32 Å². The van der Waals surface area contributed by atoms with Gasteiger partial charge < -0.3 is 35.2 Å². The fourth-order valence-corrected chi connectivity index (χ4v) is 9.70.